The zero-order valence-electron chi connectivity index (χ0n) is 9.34. The van der Waals surface area contributed by atoms with E-state index < -0.39 is 22.9 Å². The van der Waals surface area contributed by atoms with Crippen LogP contribution in [0.2, 0.25) is 0 Å². The van der Waals surface area contributed by atoms with E-state index in [1.54, 1.807) is 0 Å². The van der Waals surface area contributed by atoms with Crippen molar-refractivity contribution in [2.75, 3.05) is 13.1 Å². The summed E-state index contributed by atoms with van der Waals surface area (Å²) in [6.07, 6.45) is -3.42. The van der Waals surface area contributed by atoms with Crippen molar-refractivity contribution < 1.29 is 21.6 Å². The van der Waals surface area contributed by atoms with E-state index in [2.05, 4.69) is 10.0 Å². The van der Waals surface area contributed by atoms with Crippen molar-refractivity contribution in [1.29, 1.82) is 0 Å². The molecule has 0 saturated carbocycles. The standard InChI is InChI=1S/C8H16F3N3O2S/c1-6-4-7(2-3-12-6)14-17(15,16)13-5-8(9,10)11/h6-7,12-14H,2-5H2,1H3. The Balaban J connectivity index is 2.43. The molecule has 0 spiro atoms. The number of nitrogens with one attached hydrogen (secondary N) is 3. The molecule has 0 aliphatic carbocycles. The van der Waals surface area contributed by atoms with Crippen LogP contribution in [0.15, 0.2) is 0 Å². The fraction of sp³-hybridized carbons (Fsp3) is 1.00. The molecule has 17 heavy (non-hydrogen) atoms. The lowest BCUT2D eigenvalue weighted by Crippen LogP contribution is -2.50. The molecule has 1 aliphatic rings. The highest BCUT2D eigenvalue weighted by Gasteiger charge is 2.30. The number of alkyl halides is 3. The van der Waals surface area contributed by atoms with E-state index in [1.807, 2.05) is 6.92 Å². The molecule has 9 heteroatoms. The molecule has 102 valence electrons. The van der Waals surface area contributed by atoms with Crippen molar-refractivity contribution in [1.82, 2.24) is 14.8 Å². The Bertz CT molecular complexity index is 344. The lowest BCUT2D eigenvalue weighted by molar-refractivity contribution is -0.121. The molecular weight excluding hydrogens is 259 g/mol. The van der Waals surface area contributed by atoms with Crippen LogP contribution in [0, 0.1) is 0 Å². The number of hydrogen-bond acceptors (Lipinski definition) is 3. The first-order valence-electron chi connectivity index (χ1n) is 5.25. The quantitative estimate of drug-likeness (QED) is 0.682. The van der Waals surface area contributed by atoms with Gasteiger partial charge in [0.2, 0.25) is 0 Å². The van der Waals surface area contributed by atoms with Gasteiger partial charge in [-0.25, -0.2) is 0 Å². The Morgan fingerprint density at radius 2 is 2.06 bits per heavy atom. The van der Waals surface area contributed by atoms with Crippen LogP contribution in [0.3, 0.4) is 0 Å². The molecule has 1 rings (SSSR count). The van der Waals surface area contributed by atoms with Gasteiger partial charge in [0.1, 0.15) is 6.54 Å². The summed E-state index contributed by atoms with van der Waals surface area (Å²) in [7, 11) is -4.09. The molecule has 1 heterocycles. The van der Waals surface area contributed by atoms with Crippen LogP contribution in [0.1, 0.15) is 19.8 Å². The molecule has 0 radical (unpaired) electrons. The molecule has 0 aromatic rings. The molecule has 2 atom stereocenters. The van der Waals surface area contributed by atoms with E-state index in [0.29, 0.717) is 19.4 Å². The zero-order chi connectivity index (χ0) is 13.1. The van der Waals surface area contributed by atoms with Crippen LogP contribution >= 0.6 is 0 Å². The molecule has 5 nitrogen and oxygen atoms in total. The van der Waals surface area contributed by atoms with Crippen LogP contribution < -0.4 is 14.8 Å². The highest BCUT2D eigenvalue weighted by atomic mass is 32.2. The predicted octanol–water partition coefficient (Wildman–Crippen LogP) is 0.113. The van der Waals surface area contributed by atoms with Gasteiger partial charge in [-0.1, -0.05) is 0 Å². The number of halogens is 3. The van der Waals surface area contributed by atoms with E-state index in [0.717, 1.165) is 0 Å². The first-order valence-corrected chi connectivity index (χ1v) is 6.73. The summed E-state index contributed by atoms with van der Waals surface area (Å²) >= 11 is 0. The van der Waals surface area contributed by atoms with Gasteiger partial charge in [-0.3, -0.25) is 0 Å². The van der Waals surface area contributed by atoms with Gasteiger partial charge in [0.05, 0.1) is 0 Å². The third-order valence-electron chi connectivity index (χ3n) is 2.41. The maximum atomic E-state index is 11.9. The number of piperidine rings is 1. The fourth-order valence-electron chi connectivity index (χ4n) is 1.68. The second-order valence-corrected chi connectivity index (χ2v) is 5.67. The topological polar surface area (TPSA) is 70.2 Å². The molecule has 0 bridgehead atoms. The summed E-state index contributed by atoms with van der Waals surface area (Å²) in [4.78, 5) is 0. The Labute approximate surface area is 98.3 Å². The van der Waals surface area contributed by atoms with E-state index in [9.17, 15) is 21.6 Å². The minimum Gasteiger partial charge on any atom is -0.314 e. The van der Waals surface area contributed by atoms with Gasteiger partial charge < -0.3 is 5.32 Å². The highest BCUT2D eigenvalue weighted by Crippen LogP contribution is 2.13. The first kappa shape index (κ1) is 14.7. The molecular formula is C8H16F3N3O2S. The molecule has 1 fully saturated rings. The molecule has 1 saturated heterocycles. The van der Waals surface area contributed by atoms with Gasteiger partial charge in [-0.05, 0) is 26.3 Å². The average molecular weight is 275 g/mol. The van der Waals surface area contributed by atoms with Crippen molar-refractivity contribution >= 4 is 10.2 Å². The maximum Gasteiger partial charge on any atom is 0.402 e. The van der Waals surface area contributed by atoms with Crippen LogP contribution in [0.4, 0.5) is 13.2 Å². The molecule has 1 aliphatic heterocycles. The van der Waals surface area contributed by atoms with Gasteiger partial charge in [0, 0.05) is 12.1 Å². The minimum atomic E-state index is -4.55. The lowest BCUT2D eigenvalue weighted by Gasteiger charge is -2.28. The Morgan fingerprint density at radius 1 is 1.41 bits per heavy atom. The SMILES string of the molecule is CC1CC(NS(=O)(=O)NCC(F)(F)F)CCN1. The third kappa shape index (κ3) is 6.20. The normalized spacial score (nSPS) is 27.1. The summed E-state index contributed by atoms with van der Waals surface area (Å²) < 4.78 is 61.9. The van der Waals surface area contributed by atoms with Crippen LogP contribution in [-0.2, 0) is 10.2 Å². The lowest BCUT2D eigenvalue weighted by atomic mass is 10.0. The van der Waals surface area contributed by atoms with Crippen molar-refractivity contribution in [2.24, 2.45) is 0 Å². The van der Waals surface area contributed by atoms with Gasteiger partial charge in [0.25, 0.3) is 10.2 Å². The van der Waals surface area contributed by atoms with Crippen molar-refractivity contribution in [3.63, 3.8) is 0 Å². The van der Waals surface area contributed by atoms with Gasteiger partial charge in [0.15, 0.2) is 0 Å². The second kappa shape index (κ2) is 5.51. The monoisotopic (exact) mass is 275 g/mol. The highest BCUT2D eigenvalue weighted by molar-refractivity contribution is 7.87. The Hall–Kier alpha value is -0.380. The second-order valence-electron chi connectivity index (χ2n) is 4.13. The number of rotatable bonds is 4. The van der Waals surface area contributed by atoms with Crippen molar-refractivity contribution in [2.45, 2.75) is 38.0 Å². The third-order valence-corrected chi connectivity index (χ3v) is 3.58. The number of hydrogen-bond donors (Lipinski definition) is 3. The van der Waals surface area contributed by atoms with Gasteiger partial charge in [-0.15, -0.1) is 0 Å². The van der Waals surface area contributed by atoms with Gasteiger partial charge in [-0.2, -0.15) is 31.0 Å². The van der Waals surface area contributed by atoms with Crippen molar-refractivity contribution in [3.05, 3.63) is 0 Å². The minimum absolute atomic E-state index is 0.152. The Kier molecular flexibility index (Phi) is 4.76. The molecule has 0 aromatic heterocycles. The van der Waals surface area contributed by atoms with E-state index >= 15 is 0 Å². The largest absolute Gasteiger partial charge is 0.402 e. The Morgan fingerprint density at radius 3 is 2.59 bits per heavy atom. The summed E-state index contributed by atoms with van der Waals surface area (Å²) in [6, 6.07) is -0.170. The van der Waals surface area contributed by atoms with E-state index in [4.69, 9.17) is 0 Å². The smallest absolute Gasteiger partial charge is 0.314 e. The fourth-order valence-corrected chi connectivity index (χ4v) is 2.77. The summed E-state index contributed by atoms with van der Waals surface area (Å²) in [6.45, 7) is 0.986. The summed E-state index contributed by atoms with van der Waals surface area (Å²) in [5.74, 6) is 0. The van der Waals surface area contributed by atoms with Crippen LogP contribution in [0.5, 0.6) is 0 Å². The van der Waals surface area contributed by atoms with Crippen LogP contribution in [0.25, 0.3) is 0 Å². The van der Waals surface area contributed by atoms with Gasteiger partial charge >= 0.3 is 6.18 Å². The average Bonchev–Trinajstić information content (AvgIpc) is 2.13. The van der Waals surface area contributed by atoms with Crippen molar-refractivity contribution in [3.8, 4) is 0 Å². The van der Waals surface area contributed by atoms with E-state index in [1.165, 1.54) is 4.72 Å². The summed E-state index contributed by atoms with van der Waals surface area (Å²) in [5, 5.41) is 3.12. The molecule has 0 aromatic carbocycles. The zero-order valence-corrected chi connectivity index (χ0v) is 10.2. The predicted molar refractivity (Wildman–Crippen MR) is 56.6 cm³/mol. The molecule has 2 unspecified atom stereocenters. The first-order chi connectivity index (χ1) is 7.68. The molecule has 3 N–H and O–H groups in total. The van der Waals surface area contributed by atoms with Crippen LogP contribution in [-0.4, -0.2) is 39.8 Å². The molecule has 0 amide bonds. The summed E-state index contributed by atoms with van der Waals surface area (Å²) in [5.41, 5.74) is 0. The van der Waals surface area contributed by atoms with E-state index in [-0.39, 0.29) is 12.1 Å². The maximum absolute atomic E-state index is 11.9.